The Bertz CT molecular complexity index is 508. The van der Waals surface area contributed by atoms with E-state index in [2.05, 4.69) is 0 Å². The van der Waals surface area contributed by atoms with Crippen LogP contribution in [0.15, 0.2) is 0 Å². The van der Waals surface area contributed by atoms with Gasteiger partial charge in [0.15, 0.2) is 18.5 Å². The lowest BCUT2D eigenvalue weighted by atomic mass is 9.88. The minimum absolute atomic E-state index is 0.226. The summed E-state index contributed by atoms with van der Waals surface area (Å²) < 4.78 is 21.1. The third-order valence-electron chi connectivity index (χ3n) is 4.04. The van der Waals surface area contributed by atoms with Gasteiger partial charge < -0.3 is 40.6 Å². The molecule has 0 aliphatic carbocycles. The molecule has 6 N–H and O–H groups in total. The molecule has 158 valence electrons. The Balaban J connectivity index is 3.04. The van der Waals surface area contributed by atoms with Crippen molar-refractivity contribution in [3.8, 4) is 0 Å². The summed E-state index contributed by atoms with van der Waals surface area (Å²) in [6, 6.07) is -1.90. The molecule has 1 rings (SSSR count). The lowest BCUT2D eigenvalue weighted by molar-refractivity contribution is -0.301. The van der Waals surface area contributed by atoms with E-state index in [0.29, 0.717) is 6.42 Å². The Kier molecular flexibility index (Phi) is 8.58. The van der Waals surface area contributed by atoms with Gasteiger partial charge >= 0.3 is 11.9 Å². The standard InChI is InChI=1S/C17H32N2O8/c1-8(18)14(22)27-13-12(11(21)10(7-20)25-16(13)24-5)26-15(23)9(19)6-17(2,3)4/h8-13,16,20-21H,6-7,18-19H2,1-5H3/t8-,9-,10+,11+,12-,13+,16-/m0/s1. The zero-order chi connectivity index (χ0) is 20.9. The third-order valence-corrected chi connectivity index (χ3v) is 4.04. The molecule has 0 unspecified atom stereocenters. The van der Waals surface area contributed by atoms with Crippen LogP contribution in [0.3, 0.4) is 0 Å². The first-order valence-electron chi connectivity index (χ1n) is 8.80. The predicted molar refractivity (Wildman–Crippen MR) is 94.2 cm³/mol. The topological polar surface area (TPSA) is 164 Å². The molecule has 1 heterocycles. The van der Waals surface area contributed by atoms with Gasteiger partial charge in [-0.3, -0.25) is 9.59 Å². The number of aliphatic hydroxyl groups is 2. The van der Waals surface area contributed by atoms with E-state index in [0.717, 1.165) is 0 Å². The van der Waals surface area contributed by atoms with Gasteiger partial charge in [-0.05, 0) is 18.8 Å². The van der Waals surface area contributed by atoms with Gasteiger partial charge in [0.1, 0.15) is 24.3 Å². The maximum absolute atomic E-state index is 12.4. The van der Waals surface area contributed by atoms with Crippen LogP contribution in [0.1, 0.15) is 34.1 Å². The summed E-state index contributed by atoms with van der Waals surface area (Å²) in [5.41, 5.74) is 11.2. The van der Waals surface area contributed by atoms with Gasteiger partial charge in [-0.1, -0.05) is 20.8 Å². The molecule has 7 atom stereocenters. The molecule has 1 fully saturated rings. The summed E-state index contributed by atoms with van der Waals surface area (Å²) in [5, 5.41) is 19.9. The summed E-state index contributed by atoms with van der Waals surface area (Å²) in [7, 11) is 1.29. The minimum Gasteiger partial charge on any atom is -0.454 e. The lowest BCUT2D eigenvalue weighted by Crippen LogP contribution is -2.62. The Morgan fingerprint density at radius 2 is 1.70 bits per heavy atom. The molecule has 0 radical (unpaired) electrons. The number of hydrogen-bond acceptors (Lipinski definition) is 10. The van der Waals surface area contributed by atoms with Gasteiger partial charge in [0.2, 0.25) is 0 Å². The van der Waals surface area contributed by atoms with E-state index in [9.17, 15) is 19.8 Å². The number of rotatable bonds is 7. The fraction of sp³-hybridized carbons (Fsp3) is 0.882. The monoisotopic (exact) mass is 392 g/mol. The van der Waals surface area contributed by atoms with Crippen LogP contribution in [0.4, 0.5) is 0 Å². The fourth-order valence-electron chi connectivity index (χ4n) is 2.70. The molecule has 0 amide bonds. The first-order chi connectivity index (χ1) is 12.4. The van der Waals surface area contributed by atoms with E-state index in [4.69, 9.17) is 30.4 Å². The van der Waals surface area contributed by atoms with Crippen LogP contribution in [0.2, 0.25) is 0 Å². The van der Waals surface area contributed by atoms with Gasteiger partial charge in [0.25, 0.3) is 0 Å². The van der Waals surface area contributed by atoms with Crippen molar-refractivity contribution in [1.29, 1.82) is 0 Å². The second-order valence-corrected chi connectivity index (χ2v) is 7.91. The molecule has 0 aromatic rings. The first-order valence-corrected chi connectivity index (χ1v) is 8.80. The SMILES string of the molecule is CO[C@H]1O[C@H](CO)[C@@H](O)[C@H](OC(=O)[C@@H](N)CC(C)(C)C)[C@H]1OC(=O)[C@H](C)N. The molecule has 27 heavy (non-hydrogen) atoms. The molecule has 1 aliphatic heterocycles. The maximum Gasteiger partial charge on any atom is 0.323 e. The predicted octanol–water partition coefficient (Wildman–Crippen LogP) is -1.35. The second-order valence-electron chi connectivity index (χ2n) is 7.91. The highest BCUT2D eigenvalue weighted by Gasteiger charge is 2.50. The molecule has 10 nitrogen and oxygen atoms in total. The molecule has 0 bridgehead atoms. The van der Waals surface area contributed by atoms with Gasteiger partial charge in [0.05, 0.1) is 6.61 Å². The molecule has 10 heteroatoms. The summed E-state index contributed by atoms with van der Waals surface area (Å²) in [6.45, 7) is 6.61. The molecule has 0 spiro atoms. The zero-order valence-electron chi connectivity index (χ0n) is 16.5. The van der Waals surface area contributed by atoms with Gasteiger partial charge in [-0.15, -0.1) is 0 Å². The van der Waals surface area contributed by atoms with E-state index >= 15 is 0 Å². The zero-order valence-corrected chi connectivity index (χ0v) is 16.5. The van der Waals surface area contributed by atoms with Crippen molar-refractivity contribution in [2.45, 2.75) is 76.9 Å². The van der Waals surface area contributed by atoms with Crippen molar-refractivity contribution < 1.29 is 38.7 Å². The molecule has 0 aromatic heterocycles. The van der Waals surface area contributed by atoms with Crippen LogP contribution in [0, 0.1) is 5.41 Å². The van der Waals surface area contributed by atoms with Crippen molar-refractivity contribution >= 4 is 11.9 Å². The highest BCUT2D eigenvalue weighted by atomic mass is 16.7. The summed E-state index contributed by atoms with van der Waals surface area (Å²) in [5.74, 6) is -1.57. The van der Waals surface area contributed by atoms with E-state index in [1.54, 1.807) is 0 Å². The van der Waals surface area contributed by atoms with Crippen LogP contribution in [-0.4, -0.2) is 78.7 Å². The molecule has 1 saturated heterocycles. The Morgan fingerprint density at radius 3 is 2.15 bits per heavy atom. The quantitative estimate of drug-likeness (QED) is 0.381. The molecule has 1 aliphatic rings. The average Bonchev–Trinajstić information content (AvgIpc) is 2.56. The number of carbonyl (C=O) groups excluding carboxylic acids is 2. The lowest BCUT2D eigenvalue weighted by Gasteiger charge is -2.42. The van der Waals surface area contributed by atoms with Crippen LogP contribution < -0.4 is 11.5 Å². The van der Waals surface area contributed by atoms with Crippen molar-refractivity contribution in [2.24, 2.45) is 16.9 Å². The van der Waals surface area contributed by atoms with Crippen LogP contribution in [0.5, 0.6) is 0 Å². The van der Waals surface area contributed by atoms with Gasteiger partial charge in [-0.25, -0.2) is 0 Å². The summed E-state index contributed by atoms with van der Waals surface area (Å²) in [6.07, 6.45) is -6.02. The Labute approximate surface area is 159 Å². The van der Waals surface area contributed by atoms with Crippen LogP contribution >= 0.6 is 0 Å². The molecule has 0 aromatic carbocycles. The molecular formula is C17H32N2O8. The van der Waals surface area contributed by atoms with Crippen LogP contribution in [-0.2, 0) is 28.5 Å². The normalized spacial score (nSPS) is 31.1. The molecular weight excluding hydrogens is 360 g/mol. The van der Waals surface area contributed by atoms with Crippen molar-refractivity contribution in [3.63, 3.8) is 0 Å². The number of carbonyl (C=O) groups is 2. The van der Waals surface area contributed by atoms with E-state index in [1.165, 1.54) is 14.0 Å². The number of aliphatic hydroxyl groups excluding tert-OH is 2. The Morgan fingerprint density at radius 1 is 1.15 bits per heavy atom. The average molecular weight is 392 g/mol. The number of methoxy groups -OCH3 is 1. The summed E-state index contributed by atoms with van der Waals surface area (Å²) >= 11 is 0. The smallest absolute Gasteiger partial charge is 0.323 e. The van der Waals surface area contributed by atoms with Crippen LogP contribution in [0.25, 0.3) is 0 Å². The largest absolute Gasteiger partial charge is 0.454 e. The minimum atomic E-state index is -1.46. The first kappa shape index (κ1) is 23.7. The van der Waals surface area contributed by atoms with E-state index in [-0.39, 0.29) is 5.41 Å². The second kappa shape index (κ2) is 9.76. The van der Waals surface area contributed by atoms with Crippen molar-refractivity contribution in [3.05, 3.63) is 0 Å². The Hall–Kier alpha value is -1.30. The van der Waals surface area contributed by atoms with Crippen molar-refractivity contribution in [2.75, 3.05) is 13.7 Å². The van der Waals surface area contributed by atoms with Gasteiger partial charge in [-0.2, -0.15) is 0 Å². The molecule has 0 saturated carbocycles. The van der Waals surface area contributed by atoms with Gasteiger partial charge in [0, 0.05) is 7.11 Å². The number of nitrogens with two attached hydrogens (primary N) is 2. The summed E-state index contributed by atoms with van der Waals surface area (Å²) in [4.78, 5) is 24.4. The number of ether oxygens (including phenoxy) is 4. The fourth-order valence-corrected chi connectivity index (χ4v) is 2.70. The highest BCUT2D eigenvalue weighted by molar-refractivity contribution is 5.76. The highest BCUT2D eigenvalue weighted by Crippen LogP contribution is 2.28. The van der Waals surface area contributed by atoms with E-state index < -0.39 is 61.3 Å². The number of hydrogen-bond donors (Lipinski definition) is 4. The third kappa shape index (κ3) is 6.66. The van der Waals surface area contributed by atoms with Crippen molar-refractivity contribution in [1.82, 2.24) is 0 Å². The number of esters is 2. The maximum atomic E-state index is 12.4. The van der Waals surface area contributed by atoms with E-state index in [1.807, 2.05) is 20.8 Å².